The lowest BCUT2D eigenvalue weighted by Gasteiger charge is -2.44. The highest BCUT2D eigenvalue weighted by Gasteiger charge is 2.47. The molecule has 0 aromatic heterocycles. The van der Waals surface area contributed by atoms with Crippen LogP contribution < -0.4 is 10.7 Å². The molecule has 0 aliphatic carbocycles. The maximum Gasteiger partial charge on any atom is 0.260 e. The van der Waals surface area contributed by atoms with Crippen LogP contribution in [-0.2, 0) is 26.0 Å². The minimum absolute atomic E-state index is 0.146. The Bertz CT molecular complexity index is 1020. The Kier molecular flexibility index (Phi) is 7.83. The lowest BCUT2D eigenvalue weighted by molar-refractivity contribution is -0.147. The van der Waals surface area contributed by atoms with Crippen molar-refractivity contribution in [1.82, 2.24) is 29.9 Å². The van der Waals surface area contributed by atoms with E-state index in [1.807, 2.05) is 40.6 Å². The van der Waals surface area contributed by atoms with Crippen LogP contribution in [0.5, 0.6) is 0 Å². The molecule has 1 aromatic rings. The molecule has 2 amide bonds. The molecule has 2 N–H and O–H groups in total. The molecule has 2 unspecified atom stereocenters. The van der Waals surface area contributed by atoms with E-state index in [1.54, 1.807) is 36.9 Å². The maximum absolute atomic E-state index is 13.7. The Morgan fingerprint density at radius 1 is 1.24 bits per heavy atom. The largest absolute Gasteiger partial charge is 0.328 e. The minimum atomic E-state index is -3.80. The van der Waals surface area contributed by atoms with E-state index in [0.29, 0.717) is 19.0 Å². The monoisotopic (exact) mass is 508 g/mol. The number of benzene rings is 1. The SMILES string of the molecule is CC(C(=O)NN1C=CSC1)N1CCN(S(=O)(=O)C2CNCCN2C)[C@H](Cc2ccccc2)C1=O. The zero-order valence-electron chi connectivity index (χ0n) is 19.5. The molecule has 34 heavy (non-hydrogen) atoms. The zero-order chi connectivity index (χ0) is 24.3. The van der Waals surface area contributed by atoms with Crippen LogP contribution in [0, 0.1) is 0 Å². The average Bonchev–Trinajstić information content (AvgIpc) is 3.33. The highest BCUT2D eigenvalue weighted by Crippen LogP contribution is 2.25. The second-order valence-electron chi connectivity index (χ2n) is 8.73. The average molecular weight is 509 g/mol. The fourth-order valence-corrected chi connectivity index (χ4v) is 7.19. The molecular weight excluding hydrogens is 476 g/mol. The summed E-state index contributed by atoms with van der Waals surface area (Å²) in [6.45, 7) is 3.63. The minimum Gasteiger partial charge on any atom is -0.328 e. The number of thioether (sulfide) groups is 1. The highest BCUT2D eigenvalue weighted by molar-refractivity contribution is 8.02. The molecule has 0 spiro atoms. The molecule has 3 atom stereocenters. The van der Waals surface area contributed by atoms with Gasteiger partial charge >= 0.3 is 0 Å². The fraction of sp³-hybridized carbons (Fsp3) is 0.545. The normalized spacial score (nSPS) is 25.5. The van der Waals surface area contributed by atoms with Gasteiger partial charge in [-0.15, -0.1) is 11.8 Å². The van der Waals surface area contributed by atoms with Gasteiger partial charge in [-0.2, -0.15) is 4.31 Å². The molecule has 3 aliphatic rings. The smallest absolute Gasteiger partial charge is 0.260 e. The van der Waals surface area contributed by atoms with Crippen LogP contribution in [0.15, 0.2) is 41.9 Å². The Hall–Kier alpha value is -2.12. The van der Waals surface area contributed by atoms with Gasteiger partial charge < -0.3 is 10.2 Å². The number of rotatable bonds is 7. The predicted molar refractivity (Wildman–Crippen MR) is 132 cm³/mol. The van der Waals surface area contributed by atoms with Crippen LogP contribution in [0.4, 0.5) is 0 Å². The molecule has 0 radical (unpaired) electrons. The van der Waals surface area contributed by atoms with Crippen LogP contribution in [0.2, 0.25) is 0 Å². The van der Waals surface area contributed by atoms with Gasteiger partial charge in [0.05, 0.1) is 5.88 Å². The first-order valence-electron chi connectivity index (χ1n) is 11.4. The number of carbonyl (C=O) groups is 2. The summed E-state index contributed by atoms with van der Waals surface area (Å²) in [6.07, 6.45) is 2.02. The van der Waals surface area contributed by atoms with Crippen molar-refractivity contribution in [1.29, 1.82) is 0 Å². The molecular formula is C22H32N6O4S2. The molecule has 10 nitrogen and oxygen atoms in total. The molecule has 4 rings (SSSR count). The number of hydrogen-bond donors (Lipinski definition) is 2. The maximum atomic E-state index is 13.7. The molecule has 1 aromatic carbocycles. The summed E-state index contributed by atoms with van der Waals surface area (Å²) in [4.78, 5) is 29.9. The number of hydrazine groups is 1. The fourth-order valence-electron chi connectivity index (χ4n) is 4.50. The number of sulfonamides is 1. The van der Waals surface area contributed by atoms with Gasteiger partial charge in [0.2, 0.25) is 15.9 Å². The third-order valence-electron chi connectivity index (χ3n) is 6.52. The van der Waals surface area contributed by atoms with Crippen LogP contribution in [0.1, 0.15) is 12.5 Å². The van der Waals surface area contributed by atoms with Crippen molar-refractivity contribution in [2.45, 2.75) is 30.8 Å². The standard InChI is InChI=1S/C22H32N6O4S2/c1-17(21(29)24-26-12-13-33-16-26)27-10-11-28(34(31,32)20-15-23-8-9-25(20)2)19(22(27)30)14-18-6-4-3-5-7-18/h3-7,12-13,17,19-20,23H,8-11,14-16H2,1-2H3,(H,24,29)/t17?,19-,20?/m1/s1. The van der Waals surface area contributed by atoms with Crippen molar-refractivity contribution in [3.8, 4) is 0 Å². The van der Waals surface area contributed by atoms with Gasteiger partial charge in [-0.25, -0.2) is 8.42 Å². The number of carbonyl (C=O) groups excluding carboxylic acids is 2. The lowest BCUT2D eigenvalue weighted by atomic mass is 10.0. The van der Waals surface area contributed by atoms with Crippen molar-refractivity contribution >= 4 is 33.6 Å². The van der Waals surface area contributed by atoms with E-state index in [9.17, 15) is 18.0 Å². The number of nitrogens with zero attached hydrogens (tertiary/aromatic N) is 4. The summed E-state index contributed by atoms with van der Waals surface area (Å²) < 4.78 is 28.8. The Balaban J connectivity index is 1.57. The van der Waals surface area contributed by atoms with E-state index in [4.69, 9.17) is 0 Å². The van der Waals surface area contributed by atoms with E-state index in [0.717, 1.165) is 12.1 Å². The third-order valence-corrected chi connectivity index (χ3v) is 9.57. The van der Waals surface area contributed by atoms with Crippen molar-refractivity contribution in [2.75, 3.05) is 45.6 Å². The molecule has 2 saturated heterocycles. The molecule has 186 valence electrons. The van der Waals surface area contributed by atoms with Crippen LogP contribution in [0.25, 0.3) is 0 Å². The highest BCUT2D eigenvalue weighted by atomic mass is 32.2. The summed E-state index contributed by atoms with van der Waals surface area (Å²) in [5.74, 6) is -0.0385. The molecule has 3 aliphatic heterocycles. The molecule has 3 heterocycles. The van der Waals surface area contributed by atoms with Crippen molar-refractivity contribution in [3.05, 3.63) is 47.5 Å². The lowest BCUT2D eigenvalue weighted by Crippen LogP contribution is -2.66. The van der Waals surface area contributed by atoms with Crippen LogP contribution >= 0.6 is 11.8 Å². The van der Waals surface area contributed by atoms with Crippen molar-refractivity contribution in [2.24, 2.45) is 0 Å². The summed E-state index contributed by atoms with van der Waals surface area (Å²) in [5, 5.41) is 5.97. The van der Waals surface area contributed by atoms with E-state index in [-0.39, 0.29) is 31.3 Å². The van der Waals surface area contributed by atoms with Gasteiger partial charge in [0.1, 0.15) is 17.5 Å². The quantitative estimate of drug-likeness (QED) is 0.523. The number of likely N-dealkylation sites (N-methyl/N-ethyl adjacent to an activating group) is 1. The summed E-state index contributed by atoms with van der Waals surface area (Å²) >= 11 is 1.56. The first kappa shape index (κ1) is 25.0. The number of hydrogen-bond acceptors (Lipinski definition) is 8. The van der Waals surface area contributed by atoms with Gasteiger partial charge in [-0.1, -0.05) is 30.3 Å². The van der Waals surface area contributed by atoms with Crippen LogP contribution in [0.3, 0.4) is 0 Å². The van der Waals surface area contributed by atoms with E-state index in [2.05, 4.69) is 10.7 Å². The second kappa shape index (κ2) is 10.6. The Morgan fingerprint density at radius 3 is 2.68 bits per heavy atom. The van der Waals surface area contributed by atoms with Crippen molar-refractivity contribution < 1.29 is 18.0 Å². The zero-order valence-corrected chi connectivity index (χ0v) is 21.1. The summed E-state index contributed by atoms with van der Waals surface area (Å²) in [6, 6.07) is 7.76. The number of piperazine rings is 2. The van der Waals surface area contributed by atoms with E-state index in [1.165, 1.54) is 9.21 Å². The Labute approximate surface area is 205 Å². The predicted octanol–water partition coefficient (Wildman–Crippen LogP) is -0.170. The Morgan fingerprint density at radius 2 is 2.00 bits per heavy atom. The summed E-state index contributed by atoms with van der Waals surface area (Å²) in [5.41, 5.74) is 3.68. The third kappa shape index (κ3) is 5.25. The number of nitrogens with one attached hydrogen (secondary N) is 2. The van der Waals surface area contributed by atoms with Gasteiger partial charge in [0.15, 0.2) is 0 Å². The van der Waals surface area contributed by atoms with E-state index >= 15 is 0 Å². The summed E-state index contributed by atoms with van der Waals surface area (Å²) in [7, 11) is -2.00. The molecule has 2 fully saturated rings. The molecule has 12 heteroatoms. The second-order valence-corrected chi connectivity index (χ2v) is 11.6. The van der Waals surface area contributed by atoms with Crippen molar-refractivity contribution in [3.63, 3.8) is 0 Å². The molecule has 0 saturated carbocycles. The van der Waals surface area contributed by atoms with Gasteiger partial charge in [0, 0.05) is 38.9 Å². The van der Waals surface area contributed by atoms with Gasteiger partial charge in [0.25, 0.3) is 5.91 Å². The van der Waals surface area contributed by atoms with Crippen LogP contribution in [-0.4, -0.2) is 102 Å². The number of amides is 2. The topological polar surface area (TPSA) is 105 Å². The van der Waals surface area contributed by atoms with Gasteiger partial charge in [-0.05, 0) is 31.4 Å². The molecule has 0 bridgehead atoms. The first-order chi connectivity index (χ1) is 16.3. The van der Waals surface area contributed by atoms with Gasteiger partial charge in [-0.3, -0.25) is 24.9 Å². The first-order valence-corrected chi connectivity index (χ1v) is 14.0. The van der Waals surface area contributed by atoms with E-state index < -0.39 is 27.5 Å².